The van der Waals surface area contributed by atoms with Crippen LogP contribution in [0.5, 0.6) is 0 Å². The first-order valence-electron chi connectivity index (χ1n) is 9.85. The van der Waals surface area contributed by atoms with Crippen LogP contribution in [0.3, 0.4) is 0 Å². The Hall–Kier alpha value is -2.25. The molecule has 0 bridgehead atoms. The van der Waals surface area contributed by atoms with Gasteiger partial charge in [0.1, 0.15) is 0 Å². The molecule has 0 amide bonds. The smallest absolute Gasteiger partial charge is 0.267 e. The van der Waals surface area contributed by atoms with Crippen LogP contribution in [-0.4, -0.2) is 24.3 Å². The SMILES string of the molecule is O=c1nc2n(CCC3CC3)nc(-c3ccc(Cl)c(Cl)c3)nc-2c(=O)n1CC1CC1. The molecule has 1 aromatic carbocycles. The summed E-state index contributed by atoms with van der Waals surface area (Å²) in [7, 11) is 0. The molecule has 4 aliphatic rings. The lowest BCUT2D eigenvalue weighted by molar-refractivity contribution is 0.518. The van der Waals surface area contributed by atoms with E-state index >= 15 is 0 Å². The van der Waals surface area contributed by atoms with E-state index in [1.165, 1.54) is 17.4 Å². The van der Waals surface area contributed by atoms with Crippen molar-refractivity contribution in [2.45, 2.75) is 45.2 Å². The molecule has 5 rings (SSSR count). The average molecular weight is 432 g/mol. The minimum atomic E-state index is -0.527. The number of benzene rings is 1. The molecule has 1 aromatic rings. The molecular weight excluding hydrogens is 413 g/mol. The number of hydrogen-bond donors (Lipinski definition) is 0. The van der Waals surface area contributed by atoms with Gasteiger partial charge in [-0.1, -0.05) is 36.0 Å². The predicted molar refractivity (Wildman–Crippen MR) is 110 cm³/mol. The monoisotopic (exact) mass is 431 g/mol. The van der Waals surface area contributed by atoms with E-state index < -0.39 is 11.2 Å². The van der Waals surface area contributed by atoms with Crippen molar-refractivity contribution in [3.63, 3.8) is 0 Å². The summed E-state index contributed by atoms with van der Waals surface area (Å²) in [5.41, 5.74) is -0.117. The zero-order valence-electron chi connectivity index (χ0n) is 15.6. The molecule has 0 aromatic heterocycles. The van der Waals surface area contributed by atoms with E-state index in [4.69, 9.17) is 23.2 Å². The Kier molecular flexibility index (Phi) is 4.67. The normalized spacial score (nSPS) is 16.5. The molecule has 2 aliphatic carbocycles. The van der Waals surface area contributed by atoms with Crippen molar-refractivity contribution in [3.8, 4) is 22.9 Å². The summed E-state index contributed by atoms with van der Waals surface area (Å²) >= 11 is 12.2. The molecule has 2 fully saturated rings. The van der Waals surface area contributed by atoms with E-state index in [-0.39, 0.29) is 11.5 Å². The summed E-state index contributed by atoms with van der Waals surface area (Å²) in [6, 6.07) is 5.11. The molecule has 0 saturated heterocycles. The summed E-state index contributed by atoms with van der Waals surface area (Å²) in [6.07, 6.45) is 5.40. The molecule has 9 heteroatoms. The maximum absolute atomic E-state index is 13.1. The summed E-state index contributed by atoms with van der Waals surface area (Å²) in [5.74, 6) is 1.65. The highest BCUT2D eigenvalue weighted by Gasteiger charge is 2.28. The Morgan fingerprint density at radius 3 is 2.45 bits per heavy atom. The van der Waals surface area contributed by atoms with Crippen LogP contribution in [0.1, 0.15) is 32.1 Å². The molecule has 2 heterocycles. The first-order valence-corrected chi connectivity index (χ1v) is 10.6. The van der Waals surface area contributed by atoms with E-state index in [9.17, 15) is 9.59 Å². The minimum Gasteiger partial charge on any atom is -0.267 e. The van der Waals surface area contributed by atoms with Crippen molar-refractivity contribution in [2.24, 2.45) is 11.8 Å². The molecule has 29 heavy (non-hydrogen) atoms. The van der Waals surface area contributed by atoms with E-state index in [1.54, 1.807) is 22.9 Å². The van der Waals surface area contributed by atoms with Gasteiger partial charge in [-0.3, -0.25) is 9.36 Å². The van der Waals surface area contributed by atoms with Gasteiger partial charge in [-0.15, -0.1) is 0 Å². The lowest BCUT2D eigenvalue weighted by Crippen LogP contribution is -2.39. The Bertz CT molecular complexity index is 1180. The van der Waals surface area contributed by atoms with Gasteiger partial charge in [0, 0.05) is 18.7 Å². The van der Waals surface area contributed by atoms with Gasteiger partial charge in [0.25, 0.3) is 5.56 Å². The Morgan fingerprint density at radius 2 is 1.76 bits per heavy atom. The van der Waals surface area contributed by atoms with Crippen molar-refractivity contribution in [3.05, 3.63) is 49.1 Å². The minimum absolute atomic E-state index is 0.164. The molecular formula is C20H19Cl2N5O2. The highest BCUT2D eigenvalue weighted by molar-refractivity contribution is 6.42. The maximum atomic E-state index is 13.1. The van der Waals surface area contributed by atoms with E-state index in [2.05, 4.69) is 15.1 Å². The molecule has 7 nitrogen and oxygen atoms in total. The number of aryl methyl sites for hydroxylation is 1. The molecule has 0 spiro atoms. The first kappa shape index (κ1) is 18.8. The lowest BCUT2D eigenvalue weighted by atomic mass is 10.2. The molecule has 2 saturated carbocycles. The molecule has 2 aliphatic heterocycles. The molecule has 0 N–H and O–H groups in total. The summed E-state index contributed by atoms with van der Waals surface area (Å²) in [4.78, 5) is 34.3. The fourth-order valence-corrected chi connectivity index (χ4v) is 3.72. The van der Waals surface area contributed by atoms with Gasteiger partial charge in [-0.2, -0.15) is 10.1 Å². The van der Waals surface area contributed by atoms with Gasteiger partial charge in [0.15, 0.2) is 17.3 Å². The van der Waals surface area contributed by atoms with Crippen molar-refractivity contribution < 1.29 is 0 Å². The first-order chi connectivity index (χ1) is 14.0. The van der Waals surface area contributed by atoms with Crippen LogP contribution in [0.25, 0.3) is 22.9 Å². The third-order valence-corrected chi connectivity index (χ3v) is 6.27. The van der Waals surface area contributed by atoms with Crippen molar-refractivity contribution >= 4 is 23.2 Å². The number of hydrogen-bond acceptors (Lipinski definition) is 5. The standard InChI is InChI=1S/C20H19Cl2N5O2/c21-14-6-5-13(9-15(14)22)17-23-16-18(27(25-17)8-7-11-1-2-11)24-20(29)26(19(16)28)10-12-3-4-12/h5-6,9,11-12H,1-4,7-8,10H2. The van der Waals surface area contributed by atoms with Crippen LogP contribution in [0, 0.1) is 11.8 Å². The van der Waals surface area contributed by atoms with E-state index in [0.29, 0.717) is 46.4 Å². The van der Waals surface area contributed by atoms with Crippen molar-refractivity contribution in [2.75, 3.05) is 0 Å². The predicted octanol–water partition coefficient (Wildman–Crippen LogP) is 3.48. The quantitative estimate of drug-likeness (QED) is 0.596. The lowest BCUT2D eigenvalue weighted by Gasteiger charge is -2.15. The van der Waals surface area contributed by atoms with Crippen LogP contribution < -0.4 is 11.2 Å². The Morgan fingerprint density at radius 1 is 1.00 bits per heavy atom. The van der Waals surface area contributed by atoms with Crippen molar-refractivity contribution in [1.82, 2.24) is 24.3 Å². The fourth-order valence-electron chi connectivity index (χ4n) is 3.43. The third-order valence-electron chi connectivity index (χ3n) is 5.53. The molecule has 150 valence electrons. The van der Waals surface area contributed by atoms with Crippen molar-refractivity contribution in [1.29, 1.82) is 0 Å². The molecule has 0 atom stereocenters. The largest absolute Gasteiger partial charge is 0.352 e. The second-order valence-corrected chi connectivity index (χ2v) is 8.76. The van der Waals surface area contributed by atoms with Gasteiger partial charge >= 0.3 is 5.69 Å². The highest BCUT2D eigenvalue weighted by atomic mass is 35.5. The van der Waals surface area contributed by atoms with Crippen LogP contribution in [-0.2, 0) is 13.1 Å². The van der Waals surface area contributed by atoms with Crippen LogP contribution >= 0.6 is 23.2 Å². The van der Waals surface area contributed by atoms with Gasteiger partial charge < -0.3 is 0 Å². The molecule has 0 radical (unpaired) electrons. The van der Waals surface area contributed by atoms with E-state index in [1.807, 2.05) is 0 Å². The van der Waals surface area contributed by atoms with Gasteiger partial charge in [-0.25, -0.2) is 14.5 Å². The van der Waals surface area contributed by atoms with Gasteiger partial charge in [-0.05, 0) is 49.3 Å². The fraction of sp³-hybridized carbons (Fsp3) is 0.450. The summed E-state index contributed by atoms with van der Waals surface area (Å²) in [6.45, 7) is 0.977. The number of rotatable bonds is 6. The third kappa shape index (κ3) is 3.81. The zero-order chi connectivity index (χ0) is 20.1. The zero-order valence-corrected chi connectivity index (χ0v) is 17.2. The molecule has 0 unspecified atom stereocenters. The maximum Gasteiger partial charge on any atom is 0.352 e. The Balaban J connectivity index is 1.67. The van der Waals surface area contributed by atoms with Gasteiger partial charge in [0.2, 0.25) is 0 Å². The van der Waals surface area contributed by atoms with Crippen LogP contribution in [0.15, 0.2) is 27.8 Å². The van der Waals surface area contributed by atoms with Crippen LogP contribution in [0.2, 0.25) is 10.0 Å². The average Bonchev–Trinajstić information content (AvgIpc) is 3.61. The number of aromatic nitrogens is 5. The van der Waals surface area contributed by atoms with E-state index in [0.717, 1.165) is 19.3 Å². The number of fused-ring (bicyclic) bond motifs is 1. The summed E-state index contributed by atoms with van der Waals surface area (Å²) < 4.78 is 2.85. The Labute approximate surface area is 176 Å². The second-order valence-electron chi connectivity index (χ2n) is 7.95. The number of nitrogens with zero attached hydrogens (tertiary/aromatic N) is 5. The number of halogens is 2. The highest BCUT2D eigenvalue weighted by Crippen LogP contribution is 2.33. The second kappa shape index (κ2) is 7.22. The topological polar surface area (TPSA) is 82.7 Å². The summed E-state index contributed by atoms with van der Waals surface area (Å²) in [5, 5.41) is 5.40. The van der Waals surface area contributed by atoms with Gasteiger partial charge in [0.05, 0.1) is 10.0 Å². The van der Waals surface area contributed by atoms with Crippen LogP contribution in [0.4, 0.5) is 0 Å².